The zero-order valence-corrected chi connectivity index (χ0v) is 25.8. The first-order valence-corrected chi connectivity index (χ1v) is 15.2. The lowest BCUT2D eigenvalue weighted by atomic mass is 9.83. The average Bonchev–Trinajstić information content (AvgIpc) is 3.35. The molecule has 1 atom stereocenters. The van der Waals surface area contributed by atoms with Gasteiger partial charge in [-0.3, -0.25) is 0 Å². The lowest BCUT2D eigenvalue weighted by Gasteiger charge is -2.27. The molecule has 0 aliphatic carbocycles. The highest BCUT2D eigenvalue weighted by Crippen LogP contribution is 2.45. The number of hydrogen-bond acceptors (Lipinski definition) is 8. The minimum atomic E-state index is -0.608. The number of nitrogens with zero attached hydrogens (tertiary/aromatic N) is 1. The summed E-state index contributed by atoms with van der Waals surface area (Å²) >= 11 is 7.79. The molecule has 0 amide bonds. The molecule has 1 aliphatic heterocycles. The molecule has 1 aromatic heterocycles. The highest BCUT2D eigenvalue weighted by atomic mass is 35.5. The molecule has 1 unspecified atom stereocenters. The van der Waals surface area contributed by atoms with Gasteiger partial charge in [0.05, 0.1) is 17.5 Å². The molecule has 5 aromatic rings. The van der Waals surface area contributed by atoms with Crippen molar-refractivity contribution in [3.05, 3.63) is 128 Å². The van der Waals surface area contributed by atoms with Crippen molar-refractivity contribution < 1.29 is 28.1 Å². The predicted molar refractivity (Wildman–Crippen MR) is 171 cm³/mol. The van der Waals surface area contributed by atoms with Crippen LogP contribution >= 0.6 is 22.9 Å². The molecular formula is C35H26ClFN2O5S. The van der Waals surface area contributed by atoms with E-state index in [0.717, 1.165) is 15.6 Å². The number of carbonyl (C=O) groups excluding carboxylic acids is 1. The Morgan fingerprint density at radius 1 is 1.07 bits per heavy atom. The lowest BCUT2D eigenvalue weighted by molar-refractivity contribution is 0.0739. The van der Waals surface area contributed by atoms with Crippen LogP contribution in [-0.4, -0.2) is 12.6 Å². The van der Waals surface area contributed by atoms with E-state index in [1.807, 2.05) is 32.0 Å². The van der Waals surface area contributed by atoms with E-state index in [9.17, 15) is 14.4 Å². The molecular weight excluding hydrogens is 615 g/mol. The fourth-order valence-electron chi connectivity index (χ4n) is 5.16. The van der Waals surface area contributed by atoms with Crippen molar-refractivity contribution in [2.24, 2.45) is 5.73 Å². The van der Waals surface area contributed by atoms with Gasteiger partial charge in [-0.1, -0.05) is 54.1 Å². The van der Waals surface area contributed by atoms with Crippen LogP contribution in [0.1, 0.15) is 44.8 Å². The molecule has 0 saturated heterocycles. The number of fused-ring (bicyclic) bond motifs is 2. The third kappa shape index (κ3) is 5.90. The Kier molecular flexibility index (Phi) is 8.35. The van der Waals surface area contributed by atoms with E-state index in [4.69, 9.17) is 36.3 Å². The molecule has 0 saturated carbocycles. The van der Waals surface area contributed by atoms with Crippen LogP contribution in [0, 0.1) is 24.1 Å². The second kappa shape index (κ2) is 12.5. The van der Waals surface area contributed by atoms with E-state index in [1.54, 1.807) is 54.6 Å². The maximum atomic E-state index is 14.2. The Hall–Kier alpha value is -5.04. The number of benzene rings is 4. The summed E-state index contributed by atoms with van der Waals surface area (Å²) in [5, 5.41) is 11.2. The molecule has 10 heteroatoms. The van der Waals surface area contributed by atoms with Crippen molar-refractivity contribution in [3.8, 4) is 29.1 Å². The third-order valence-corrected chi connectivity index (χ3v) is 8.95. The molecule has 4 aromatic carbocycles. The smallest absolute Gasteiger partial charge is 0.355 e. The Morgan fingerprint density at radius 3 is 2.67 bits per heavy atom. The second-order valence-corrected chi connectivity index (χ2v) is 11.7. The standard InChI is InChI=1S/C35H26ClFN2O5S/c1-3-41-29-15-20(9-13-27(29)42-18-21-6-4-5-7-26(21)37)31-23-12-10-22(16-28(23)44-34(39)25(31)17-38)43-35(40)33-32(36)24-11-8-19(2)14-30(24)45-33/h4-16,31H,3,18,39H2,1-2H3. The molecule has 2 N–H and O–H groups in total. The number of hydrogen-bond donors (Lipinski definition) is 1. The summed E-state index contributed by atoms with van der Waals surface area (Å²) in [7, 11) is 0. The van der Waals surface area contributed by atoms with Crippen LogP contribution in [0.2, 0.25) is 5.02 Å². The first-order valence-electron chi connectivity index (χ1n) is 14.0. The summed E-state index contributed by atoms with van der Waals surface area (Å²) < 4.78 is 38.4. The summed E-state index contributed by atoms with van der Waals surface area (Å²) in [6.45, 7) is 4.17. The van der Waals surface area contributed by atoms with E-state index >= 15 is 0 Å². The van der Waals surface area contributed by atoms with Gasteiger partial charge in [0.1, 0.15) is 40.4 Å². The number of aryl methyl sites for hydroxylation is 1. The van der Waals surface area contributed by atoms with Gasteiger partial charge in [0.2, 0.25) is 5.88 Å². The van der Waals surface area contributed by atoms with Gasteiger partial charge in [0, 0.05) is 27.3 Å². The Bertz CT molecular complexity index is 2030. The normalized spacial score (nSPS) is 14.0. The first kappa shape index (κ1) is 30.0. The van der Waals surface area contributed by atoms with E-state index < -0.39 is 11.9 Å². The number of thiophene rings is 1. The van der Waals surface area contributed by atoms with Crippen LogP contribution in [0.4, 0.5) is 4.39 Å². The molecule has 0 radical (unpaired) electrons. The summed E-state index contributed by atoms with van der Waals surface area (Å²) in [6.07, 6.45) is 0. The maximum absolute atomic E-state index is 14.2. The molecule has 7 nitrogen and oxygen atoms in total. The second-order valence-electron chi connectivity index (χ2n) is 10.3. The fourth-order valence-corrected chi connectivity index (χ4v) is 6.64. The minimum absolute atomic E-state index is 0.0103. The van der Waals surface area contributed by atoms with Crippen LogP contribution in [-0.2, 0) is 6.61 Å². The van der Waals surface area contributed by atoms with Gasteiger partial charge < -0.3 is 24.7 Å². The highest BCUT2D eigenvalue weighted by molar-refractivity contribution is 7.21. The van der Waals surface area contributed by atoms with E-state index in [0.29, 0.717) is 50.4 Å². The largest absolute Gasteiger partial charge is 0.490 e. The minimum Gasteiger partial charge on any atom is -0.490 e. The SMILES string of the molecule is CCOc1cc(C2C(C#N)=C(N)Oc3cc(OC(=O)c4sc5cc(C)ccc5c4Cl)ccc32)ccc1OCc1ccccc1F. The number of ether oxygens (including phenoxy) is 4. The third-order valence-electron chi connectivity index (χ3n) is 7.31. The number of allylic oxidation sites excluding steroid dienone is 1. The number of halogens is 2. The highest BCUT2D eigenvalue weighted by Gasteiger charge is 2.32. The van der Waals surface area contributed by atoms with Gasteiger partial charge in [0.25, 0.3) is 0 Å². The van der Waals surface area contributed by atoms with Gasteiger partial charge >= 0.3 is 5.97 Å². The molecule has 45 heavy (non-hydrogen) atoms. The van der Waals surface area contributed by atoms with Crippen molar-refractivity contribution >= 4 is 39.0 Å². The molecule has 0 bridgehead atoms. The van der Waals surface area contributed by atoms with Gasteiger partial charge in [0.15, 0.2) is 11.5 Å². The summed E-state index contributed by atoms with van der Waals surface area (Å²) in [5.41, 5.74) is 9.23. The summed E-state index contributed by atoms with van der Waals surface area (Å²) in [5.74, 6) is -0.236. The molecule has 6 rings (SSSR count). The first-order chi connectivity index (χ1) is 21.8. The molecule has 2 heterocycles. The Labute approximate surface area is 267 Å². The Morgan fingerprint density at radius 2 is 1.89 bits per heavy atom. The summed E-state index contributed by atoms with van der Waals surface area (Å²) in [6, 6.07) is 24.5. The Balaban J connectivity index is 1.30. The van der Waals surface area contributed by atoms with Crippen LogP contribution in [0.5, 0.6) is 23.0 Å². The number of rotatable bonds is 8. The number of esters is 1. The number of nitriles is 1. The average molecular weight is 641 g/mol. The van der Waals surface area contributed by atoms with Crippen LogP contribution in [0.3, 0.4) is 0 Å². The van der Waals surface area contributed by atoms with Gasteiger partial charge in [-0.05, 0) is 55.3 Å². The van der Waals surface area contributed by atoms with Gasteiger partial charge in [-0.15, -0.1) is 11.3 Å². The number of carbonyl (C=O) groups is 1. The van der Waals surface area contributed by atoms with Gasteiger partial charge in [-0.2, -0.15) is 5.26 Å². The van der Waals surface area contributed by atoms with Crippen molar-refractivity contribution in [3.63, 3.8) is 0 Å². The fraction of sp³-hybridized carbons (Fsp3) is 0.143. The predicted octanol–water partition coefficient (Wildman–Crippen LogP) is 8.42. The summed E-state index contributed by atoms with van der Waals surface area (Å²) in [4.78, 5) is 13.4. The molecule has 0 fully saturated rings. The lowest BCUT2D eigenvalue weighted by Crippen LogP contribution is -2.21. The maximum Gasteiger partial charge on any atom is 0.355 e. The zero-order valence-electron chi connectivity index (χ0n) is 24.2. The van der Waals surface area contributed by atoms with Crippen LogP contribution < -0.4 is 24.7 Å². The van der Waals surface area contributed by atoms with E-state index in [-0.39, 0.29) is 29.6 Å². The van der Waals surface area contributed by atoms with E-state index in [1.165, 1.54) is 17.4 Å². The molecule has 0 spiro atoms. The van der Waals surface area contributed by atoms with Gasteiger partial charge in [-0.25, -0.2) is 9.18 Å². The molecule has 226 valence electrons. The van der Waals surface area contributed by atoms with Crippen LogP contribution in [0.15, 0.2) is 90.3 Å². The van der Waals surface area contributed by atoms with Crippen LogP contribution in [0.25, 0.3) is 10.1 Å². The van der Waals surface area contributed by atoms with E-state index in [2.05, 4.69) is 6.07 Å². The van der Waals surface area contributed by atoms with Crippen molar-refractivity contribution in [2.45, 2.75) is 26.4 Å². The van der Waals surface area contributed by atoms with Crippen molar-refractivity contribution in [2.75, 3.05) is 6.61 Å². The van der Waals surface area contributed by atoms with Crippen molar-refractivity contribution in [1.29, 1.82) is 5.26 Å². The zero-order chi connectivity index (χ0) is 31.7. The monoisotopic (exact) mass is 640 g/mol. The molecule has 1 aliphatic rings. The topological polar surface area (TPSA) is 104 Å². The van der Waals surface area contributed by atoms with Crippen molar-refractivity contribution in [1.82, 2.24) is 0 Å². The quantitative estimate of drug-likeness (QED) is 0.134. The number of nitrogens with two attached hydrogens (primary N) is 1.